The zero-order valence-corrected chi connectivity index (χ0v) is 8.46. The van der Waals surface area contributed by atoms with Gasteiger partial charge in [-0.25, -0.2) is 4.39 Å². The summed E-state index contributed by atoms with van der Waals surface area (Å²) in [6.45, 7) is 3.61. The van der Waals surface area contributed by atoms with Gasteiger partial charge in [0.15, 0.2) is 0 Å². The number of hydrogen-bond acceptors (Lipinski definition) is 3. The van der Waals surface area contributed by atoms with Gasteiger partial charge in [0.1, 0.15) is 0 Å². The summed E-state index contributed by atoms with van der Waals surface area (Å²) in [6, 6.07) is 0. The average Bonchev–Trinajstić information content (AvgIpc) is 2.56. The lowest BCUT2D eigenvalue weighted by Crippen LogP contribution is -2.55. The molecule has 0 radical (unpaired) electrons. The molecule has 2 rings (SSSR count). The van der Waals surface area contributed by atoms with Crippen LogP contribution < -0.4 is 0 Å². The lowest BCUT2D eigenvalue weighted by molar-refractivity contribution is -0.0775. The largest absolute Gasteiger partial charge is 0.383 e. The summed E-state index contributed by atoms with van der Waals surface area (Å²) in [7, 11) is 1.68. The monoisotopic (exact) mass is 201 g/mol. The molecule has 0 aromatic heterocycles. The van der Waals surface area contributed by atoms with Crippen LogP contribution in [0.15, 0.2) is 11.9 Å². The summed E-state index contributed by atoms with van der Waals surface area (Å²) in [5.41, 5.74) is 0.748. The SMILES string of the molecule is COC[C@@]12COCCN1C/C(=C\F)C2. The fourth-order valence-corrected chi connectivity index (χ4v) is 2.42. The molecule has 14 heavy (non-hydrogen) atoms. The highest BCUT2D eigenvalue weighted by Crippen LogP contribution is 2.35. The van der Waals surface area contributed by atoms with E-state index in [9.17, 15) is 4.39 Å². The van der Waals surface area contributed by atoms with Gasteiger partial charge in [0.05, 0.1) is 31.7 Å². The van der Waals surface area contributed by atoms with E-state index in [1.54, 1.807) is 7.11 Å². The van der Waals surface area contributed by atoms with Crippen LogP contribution in [0.3, 0.4) is 0 Å². The predicted octanol–water partition coefficient (Wildman–Crippen LogP) is 0.961. The second-order valence-electron chi connectivity index (χ2n) is 4.08. The molecule has 0 N–H and O–H groups in total. The Labute approximate surface area is 83.5 Å². The molecule has 2 aliphatic rings. The summed E-state index contributed by atoms with van der Waals surface area (Å²) < 4.78 is 23.1. The Morgan fingerprint density at radius 2 is 2.57 bits per heavy atom. The number of fused-ring (bicyclic) bond motifs is 1. The van der Waals surface area contributed by atoms with Crippen molar-refractivity contribution in [1.29, 1.82) is 0 Å². The maximum absolute atomic E-state index is 12.5. The molecule has 0 unspecified atom stereocenters. The number of halogens is 1. The van der Waals surface area contributed by atoms with Gasteiger partial charge in [0, 0.05) is 20.2 Å². The first-order valence-electron chi connectivity index (χ1n) is 4.90. The van der Waals surface area contributed by atoms with Gasteiger partial charge >= 0.3 is 0 Å². The molecule has 0 aromatic carbocycles. The second kappa shape index (κ2) is 3.96. The molecular formula is C10H16FNO2. The zero-order valence-electron chi connectivity index (χ0n) is 8.46. The average molecular weight is 201 g/mol. The Hall–Kier alpha value is -0.450. The van der Waals surface area contributed by atoms with Gasteiger partial charge in [-0.1, -0.05) is 0 Å². The molecule has 0 saturated carbocycles. The van der Waals surface area contributed by atoms with Crippen LogP contribution in [0.1, 0.15) is 6.42 Å². The Bertz CT molecular complexity index is 240. The quantitative estimate of drug-likeness (QED) is 0.664. The normalized spacial score (nSPS) is 36.3. The lowest BCUT2D eigenvalue weighted by Gasteiger charge is -2.41. The Balaban J connectivity index is 2.16. The van der Waals surface area contributed by atoms with Crippen molar-refractivity contribution in [2.24, 2.45) is 0 Å². The molecule has 1 atom stereocenters. The smallest absolute Gasteiger partial charge is 0.0872 e. The van der Waals surface area contributed by atoms with Gasteiger partial charge in [-0.05, 0) is 12.0 Å². The third-order valence-electron chi connectivity index (χ3n) is 3.06. The van der Waals surface area contributed by atoms with Gasteiger partial charge in [-0.2, -0.15) is 0 Å². The molecule has 0 aliphatic carbocycles. The fraction of sp³-hybridized carbons (Fsp3) is 0.800. The van der Waals surface area contributed by atoms with Gasteiger partial charge in [0.25, 0.3) is 0 Å². The van der Waals surface area contributed by atoms with Crippen molar-refractivity contribution >= 4 is 0 Å². The maximum atomic E-state index is 12.5. The van der Waals surface area contributed by atoms with E-state index in [0.29, 0.717) is 13.2 Å². The Morgan fingerprint density at radius 1 is 1.71 bits per heavy atom. The van der Waals surface area contributed by atoms with Crippen molar-refractivity contribution in [2.45, 2.75) is 12.0 Å². The van der Waals surface area contributed by atoms with Crippen LogP contribution in [0.25, 0.3) is 0 Å². The van der Waals surface area contributed by atoms with Crippen molar-refractivity contribution in [1.82, 2.24) is 4.90 Å². The van der Waals surface area contributed by atoms with Crippen LogP contribution in [0.5, 0.6) is 0 Å². The standard InChI is InChI=1S/C10H16FNO2/c1-13-7-10-4-9(5-11)6-12(10)2-3-14-8-10/h5H,2-4,6-8H2,1H3/b9-5-/t10-/m0/s1. The minimum absolute atomic E-state index is 0.106. The van der Waals surface area contributed by atoms with E-state index in [1.807, 2.05) is 0 Å². The van der Waals surface area contributed by atoms with Crippen molar-refractivity contribution in [3.63, 3.8) is 0 Å². The minimum atomic E-state index is -0.106. The molecule has 2 fully saturated rings. The summed E-state index contributed by atoms with van der Waals surface area (Å²) in [5.74, 6) is 0. The van der Waals surface area contributed by atoms with Crippen LogP contribution >= 0.6 is 0 Å². The van der Waals surface area contributed by atoms with Crippen molar-refractivity contribution in [2.75, 3.05) is 40.0 Å². The number of hydrogen-bond donors (Lipinski definition) is 0. The molecule has 0 bridgehead atoms. The van der Waals surface area contributed by atoms with Crippen LogP contribution in [0.4, 0.5) is 4.39 Å². The first-order chi connectivity index (χ1) is 6.80. The molecule has 2 heterocycles. The number of ether oxygens (including phenoxy) is 2. The summed E-state index contributed by atoms with van der Waals surface area (Å²) in [5, 5.41) is 0. The highest BCUT2D eigenvalue weighted by Gasteiger charge is 2.45. The number of methoxy groups -OCH3 is 1. The van der Waals surface area contributed by atoms with Crippen molar-refractivity contribution in [3.05, 3.63) is 11.9 Å². The molecule has 4 heteroatoms. The van der Waals surface area contributed by atoms with Gasteiger partial charge in [-0.3, -0.25) is 4.90 Å². The molecule has 0 aromatic rings. The molecule has 80 valence electrons. The third-order valence-corrected chi connectivity index (χ3v) is 3.06. The van der Waals surface area contributed by atoms with Crippen LogP contribution in [-0.4, -0.2) is 50.5 Å². The van der Waals surface area contributed by atoms with Gasteiger partial charge < -0.3 is 9.47 Å². The lowest BCUT2D eigenvalue weighted by atomic mass is 9.96. The van der Waals surface area contributed by atoms with E-state index in [0.717, 1.165) is 38.0 Å². The second-order valence-corrected chi connectivity index (χ2v) is 4.08. The van der Waals surface area contributed by atoms with Crippen LogP contribution in [0.2, 0.25) is 0 Å². The maximum Gasteiger partial charge on any atom is 0.0872 e. The molecule has 2 aliphatic heterocycles. The molecule has 3 nitrogen and oxygen atoms in total. The van der Waals surface area contributed by atoms with E-state index in [-0.39, 0.29) is 5.54 Å². The Kier molecular flexibility index (Phi) is 2.85. The van der Waals surface area contributed by atoms with E-state index < -0.39 is 0 Å². The number of rotatable bonds is 2. The summed E-state index contributed by atoms with van der Waals surface area (Å²) in [4.78, 5) is 2.27. The highest BCUT2D eigenvalue weighted by atomic mass is 19.1. The van der Waals surface area contributed by atoms with Crippen molar-refractivity contribution in [3.8, 4) is 0 Å². The topological polar surface area (TPSA) is 21.7 Å². The molecular weight excluding hydrogens is 185 g/mol. The Morgan fingerprint density at radius 3 is 3.29 bits per heavy atom. The van der Waals surface area contributed by atoms with Crippen molar-refractivity contribution < 1.29 is 13.9 Å². The van der Waals surface area contributed by atoms with Gasteiger partial charge in [-0.15, -0.1) is 0 Å². The first-order valence-corrected chi connectivity index (χ1v) is 4.90. The van der Waals surface area contributed by atoms with Crippen LogP contribution in [0, 0.1) is 0 Å². The predicted molar refractivity (Wildman–Crippen MR) is 50.8 cm³/mol. The number of morpholine rings is 1. The first kappa shape index (κ1) is 10.1. The zero-order chi connectivity index (χ0) is 10.0. The minimum Gasteiger partial charge on any atom is -0.383 e. The van der Waals surface area contributed by atoms with Crippen LogP contribution in [-0.2, 0) is 9.47 Å². The summed E-state index contributed by atoms with van der Waals surface area (Å²) in [6.07, 6.45) is 1.47. The highest BCUT2D eigenvalue weighted by molar-refractivity contribution is 5.18. The number of nitrogens with zero attached hydrogens (tertiary/aromatic N) is 1. The molecule has 0 spiro atoms. The van der Waals surface area contributed by atoms with E-state index in [2.05, 4.69) is 4.90 Å². The fourth-order valence-electron chi connectivity index (χ4n) is 2.42. The van der Waals surface area contributed by atoms with E-state index in [4.69, 9.17) is 9.47 Å². The molecule has 2 saturated heterocycles. The van der Waals surface area contributed by atoms with E-state index >= 15 is 0 Å². The summed E-state index contributed by atoms with van der Waals surface area (Å²) >= 11 is 0. The van der Waals surface area contributed by atoms with Gasteiger partial charge in [0.2, 0.25) is 0 Å². The molecule has 0 amide bonds. The van der Waals surface area contributed by atoms with E-state index in [1.165, 1.54) is 0 Å². The third kappa shape index (κ3) is 1.58.